The summed E-state index contributed by atoms with van der Waals surface area (Å²) >= 11 is 0. The maximum absolute atomic E-state index is 12.4. The topological polar surface area (TPSA) is 60.4 Å². The molecule has 2 saturated heterocycles. The van der Waals surface area contributed by atoms with Crippen LogP contribution in [0.3, 0.4) is 0 Å². The van der Waals surface area contributed by atoms with Crippen molar-refractivity contribution < 1.29 is 17.9 Å². The van der Waals surface area contributed by atoms with E-state index in [0.29, 0.717) is 32.5 Å². The van der Waals surface area contributed by atoms with Crippen LogP contribution in [-0.4, -0.2) is 31.3 Å². The molecule has 23 heavy (non-hydrogen) atoms. The molecule has 5 heteroatoms. The Morgan fingerprint density at radius 2 is 1.74 bits per heavy atom. The first kappa shape index (κ1) is 16.7. The highest BCUT2D eigenvalue weighted by atomic mass is 32.2. The van der Waals surface area contributed by atoms with Crippen LogP contribution < -0.4 is 0 Å². The molecule has 2 atom stereocenters. The Bertz CT molecular complexity index is 618. The first-order chi connectivity index (χ1) is 11.1. The molecule has 2 aliphatic heterocycles. The van der Waals surface area contributed by atoms with Crippen LogP contribution in [0.5, 0.6) is 0 Å². The van der Waals surface area contributed by atoms with Crippen LogP contribution in [0.25, 0.3) is 0 Å². The van der Waals surface area contributed by atoms with Crippen molar-refractivity contribution in [1.82, 2.24) is 0 Å². The summed E-state index contributed by atoms with van der Waals surface area (Å²) in [6, 6.07) is 9.88. The summed E-state index contributed by atoms with van der Waals surface area (Å²) in [4.78, 5) is 12.4. The highest BCUT2D eigenvalue weighted by molar-refractivity contribution is 7.92. The molecular weight excluding hydrogens is 312 g/mol. The molecule has 0 aliphatic carbocycles. The van der Waals surface area contributed by atoms with Crippen molar-refractivity contribution in [2.45, 2.75) is 55.6 Å². The Morgan fingerprint density at radius 3 is 2.39 bits per heavy atom. The number of sulfone groups is 1. The Kier molecular flexibility index (Phi) is 5.17. The number of hydrogen-bond acceptors (Lipinski definition) is 4. The molecule has 2 fully saturated rings. The second kappa shape index (κ2) is 7.14. The minimum absolute atomic E-state index is 0.0887. The van der Waals surface area contributed by atoms with Crippen LogP contribution in [-0.2, 0) is 26.0 Å². The lowest BCUT2D eigenvalue weighted by Gasteiger charge is -2.38. The molecule has 0 aromatic heterocycles. The lowest BCUT2D eigenvalue weighted by Crippen LogP contribution is -2.45. The van der Waals surface area contributed by atoms with Gasteiger partial charge in [-0.05, 0) is 31.2 Å². The van der Waals surface area contributed by atoms with Gasteiger partial charge in [0.1, 0.15) is 5.78 Å². The number of carbonyl (C=O) groups is 1. The quantitative estimate of drug-likeness (QED) is 0.750. The largest absolute Gasteiger partial charge is 0.376 e. The van der Waals surface area contributed by atoms with Crippen molar-refractivity contribution in [1.29, 1.82) is 0 Å². The Balaban J connectivity index is 1.46. The van der Waals surface area contributed by atoms with Crippen molar-refractivity contribution in [3.05, 3.63) is 35.9 Å². The van der Waals surface area contributed by atoms with Gasteiger partial charge < -0.3 is 4.74 Å². The van der Waals surface area contributed by atoms with Crippen molar-refractivity contribution in [2.24, 2.45) is 5.92 Å². The van der Waals surface area contributed by atoms with E-state index in [1.165, 1.54) is 0 Å². The van der Waals surface area contributed by atoms with Crippen molar-refractivity contribution in [3.8, 4) is 0 Å². The van der Waals surface area contributed by atoms with Crippen molar-refractivity contribution >= 4 is 15.6 Å². The molecule has 0 N–H and O–H groups in total. The second-order valence-corrected chi connectivity index (χ2v) is 9.20. The van der Waals surface area contributed by atoms with Crippen LogP contribution in [0.1, 0.15) is 44.1 Å². The summed E-state index contributed by atoms with van der Waals surface area (Å²) < 4.78 is 30.1. The van der Waals surface area contributed by atoms with Gasteiger partial charge in [-0.2, -0.15) is 0 Å². The third-order valence-corrected chi connectivity index (χ3v) is 7.85. The number of hydrogen-bond donors (Lipinski definition) is 0. The summed E-state index contributed by atoms with van der Waals surface area (Å²) in [6.07, 6.45) is 3.87. The first-order valence-corrected chi connectivity index (χ1v) is 10.1. The monoisotopic (exact) mass is 336 g/mol. The number of carbonyl (C=O) groups excluding carboxylic acids is 1. The molecule has 0 saturated carbocycles. The summed E-state index contributed by atoms with van der Waals surface area (Å²) in [7, 11) is -2.98. The van der Waals surface area contributed by atoms with Gasteiger partial charge in [0, 0.05) is 12.3 Å². The van der Waals surface area contributed by atoms with Crippen molar-refractivity contribution in [2.75, 3.05) is 6.61 Å². The van der Waals surface area contributed by atoms with Gasteiger partial charge in [0.25, 0.3) is 0 Å². The van der Waals surface area contributed by atoms with E-state index in [0.717, 1.165) is 24.8 Å². The van der Waals surface area contributed by atoms with Gasteiger partial charge in [0.15, 0.2) is 9.84 Å². The molecule has 2 heterocycles. The molecule has 0 amide bonds. The van der Waals surface area contributed by atoms with E-state index in [-0.39, 0.29) is 22.2 Å². The average molecular weight is 336 g/mol. The summed E-state index contributed by atoms with van der Waals surface area (Å²) in [5.74, 6) is 0.0824. The standard InChI is InChI=1S/C18H24O4S/c19-18(9-10-22-13-14-5-2-1-3-6-14)15-11-16-7-4-8-17(12-15)23(16,20)21/h1-3,5-6,15-17H,4,7-13H2. The number of fused-ring (bicyclic) bond motifs is 2. The third-order valence-electron chi connectivity index (χ3n) is 5.14. The number of ether oxygens (including phenoxy) is 1. The van der Waals surface area contributed by atoms with Gasteiger partial charge in [-0.3, -0.25) is 4.79 Å². The minimum atomic E-state index is -2.98. The summed E-state index contributed by atoms with van der Waals surface area (Å²) in [6.45, 7) is 0.921. The van der Waals surface area contributed by atoms with Crippen molar-refractivity contribution in [3.63, 3.8) is 0 Å². The van der Waals surface area contributed by atoms with Gasteiger partial charge in [0.05, 0.1) is 23.7 Å². The lowest BCUT2D eigenvalue weighted by molar-refractivity contribution is -0.124. The van der Waals surface area contributed by atoms with E-state index in [4.69, 9.17) is 4.74 Å². The fraction of sp³-hybridized carbons (Fsp3) is 0.611. The Morgan fingerprint density at radius 1 is 1.09 bits per heavy atom. The smallest absolute Gasteiger partial charge is 0.156 e. The van der Waals surface area contributed by atoms with Gasteiger partial charge in [-0.25, -0.2) is 8.42 Å². The van der Waals surface area contributed by atoms with Gasteiger partial charge in [-0.15, -0.1) is 0 Å². The Labute approximate surface area is 138 Å². The molecule has 1 aromatic carbocycles. The zero-order valence-corrected chi connectivity index (χ0v) is 14.1. The fourth-order valence-corrected chi connectivity index (χ4v) is 6.35. The van der Waals surface area contributed by atoms with Crippen LogP contribution in [0.4, 0.5) is 0 Å². The van der Waals surface area contributed by atoms with E-state index in [1.54, 1.807) is 0 Å². The minimum Gasteiger partial charge on any atom is -0.376 e. The molecule has 126 valence electrons. The normalized spacial score (nSPS) is 29.1. The van der Waals surface area contributed by atoms with E-state index in [2.05, 4.69) is 0 Å². The van der Waals surface area contributed by atoms with Crippen LogP contribution in [0, 0.1) is 5.92 Å². The van der Waals surface area contributed by atoms with E-state index < -0.39 is 9.84 Å². The van der Waals surface area contributed by atoms with E-state index in [1.807, 2.05) is 30.3 Å². The van der Waals surface area contributed by atoms with Gasteiger partial charge in [0.2, 0.25) is 0 Å². The maximum Gasteiger partial charge on any atom is 0.156 e. The number of rotatable bonds is 6. The van der Waals surface area contributed by atoms with E-state index in [9.17, 15) is 13.2 Å². The van der Waals surface area contributed by atoms with E-state index >= 15 is 0 Å². The van der Waals surface area contributed by atoms with Crippen LogP contribution in [0.15, 0.2) is 30.3 Å². The zero-order chi connectivity index (χ0) is 16.3. The average Bonchev–Trinajstić information content (AvgIpc) is 2.51. The van der Waals surface area contributed by atoms with Crippen LogP contribution >= 0.6 is 0 Å². The molecule has 4 nitrogen and oxygen atoms in total. The molecule has 3 rings (SSSR count). The fourth-order valence-electron chi connectivity index (χ4n) is 3.81. The second-order valence-electron chi connectivity index (χ2n) is 6.69. The Hall–Kier alpha value is -1.20. The molecule has 0 spiro atoms. The van der Waals surface area contributed by atoms with Gasteiger partial charge in [-0.1, -0.05) is 36.8 Å². The predicted octanol–water partition coefficient (Wildman–Crippen LogP) is 2.91. The molecule has 1 aromatic rings. The third kappa shape index (κ3) is 3.83. The molecule has 2 unspecified atom stereocenters. The highest BCUT2D eigenvalue weighted by Crippen LogP contribution is 2.39. The van der Waals surface area contributed by atoms with Gasteiger partial charge >= 0.3 is 0 Å². The summed E-state index contributed by atoms with van der Waals surface area (Å²) in [5, 5.41) is -0.566. The molecule has 0 radical (unpaired) electrons. The summed E-state index contributed by atoms with van der Waals surface area (Å²) in [5.41, 5.74) is 1.10. The predicted molar refractivity (Wildman–Crippen MR) is 88.8 cm³/mol. The zero-order valence-electron chi connectivity index (χ0n) is 13.3. The molecule has 2 aliphatic rings. The molecule has 2 bridgehead atoms. The maximum atomic E-state index is 12.4. The lowest BCUT2D eigenvalue weighted by atomic mass is 9.86. The highest BCUT2D eigenvalue weighted by Gasteiger charge is 2.45. The number of Topliss-reactive ketones (excluding diaryl/α,β-unsaturated/α-hetero) is 1. The van der Waals surface area contributed by atoms with Crippen LogP contribution in [0.2, 0.25) is 0 Å². The first-order valence-electron chi connectivity index (χ1n) is 8.44. The number of benzene rings is 1. The number of ketones is 1. The SMILES string of the molecule is O=C(CCOCc1ccccc1)C1CC2CCCC(C1)S2(=O)=O. The molecular formula is C18H24O4S.